The van der Waals surface area contributed by atoms with E-state index in [4.69, 9.17) is 37.4 Å². The second-order valence-corrected chi connectivity index (χ2v) is 18.0. The van der Waals surface area contributed by atoms with Gasteiger partial charge in [-0.05, 0) is 47.7 Å². The molecule has 3 aromatic rings. The van der Waals surface area contributed by atoms with E-state index in [0.29, 0.717) is 12.0 Å². The van der Waals surface area contributed by atoms with Crippen LogP contribution in [-0.4, -0.2) is 81.2 Å². The second-order valence-electron chi connectivity index (χ2n) is 14.9. The van der Waals surface area contributed by atoms with Gasteiger partial charge < -0.3 is 24.4 Å². The number of carbonyl (C=O) groups is 3. The number of ether oxygens (including phenoxy) is 3. The molecule has 1 unspecified atom stereocenters. The molecule has 0 spiro atoms. The maximum absolute atomic E-state index is 16.1. The highest BCUT2D eigenvalue weighted by Crippen LogP contribution is 2.53. The number of benzene rings is 3. The van der Waals surface area contributed by atoms with Crippen LogP contribution in [0, 0.1) is 28.4 Å². The first-order valence-electron chi connectivity index (χ1n) is 17.4. The molecule has 0 aromatic heterocycles. The van der Waals surface area contributed by atoms with Crippen molar-refractivity contribution in [3.8, 4) is 11.8 Å². The van der Waals surface area contributed by atoms with Crippen LogP contribution in [0.4, 0.5) is 13.6 Å². The van der Waals surface area contributed by atoms with Gasteiger partial charge in [0.15, 0.2) is 15.6 Å². The molecular formula is C39H41Cl2F2N3O8S. The molecule has 1 amide bonds. The van der Waals surface area contributed by atoms with Crippen molar-refractivity contribution in [2.75, 3.05) is 31.7 Å². The van der Waals surface area contributed by atoms with E-state index in [1.807, 2.05) is 20.8 Å². The Hall–Kier alpha value is -4.29. The molecule has 2 heterocycles. The number of hydrogen-bond donors (Lipinski definition) is 1. The lowest BCUT2D eigenvalue weighted by atomic mass is 9.62. The molecular weight excluding hydrogens is 779 g/mol. The maximum Gasteiger partial charge on any atom is 0.412 e. The van der Waals surface area contributed by atoms with Crippen molar-refractivity contribution in [2.45, 2.75) is 70.2 Å². The summed E-state index contributed by atoms with van der Waals surface area (Å²) in [6.45, 7) is 7.05. The number of halogens is 4. The minimum absolute atomic E-state index is 0.00447. The lowest BCUT2D eigenvalue weighted by Crippen LogP contribution is -2.45. The first kappa shape index (κ1) is 41.9. The zero-order chi connectivity index (χ0) is 40.5. The summed E-state index contributed by atoms with van der Waals surface area (Å²) in [6, 6.07) is 12.7. The molecule has 2 saturated heterocycles. The Morgan fingerprint density at radius 1 is 1.05 bits per heavy atom. The van der Waals surface area contributed by atoms with Gasteiger partial charge in [0.1, 0.15) is 22.8 Å². The summed E-state index contributed by atoms with van der Waals surface area (Å²) < 4.78 is 71.4. The summed E-state index contributed by atoms with van der Waals surface area (Å²) in [6.07, 6.45) is -2.17. The monoisotopic (exact) mass is 819 g/mol. The number of amides is 1. The maximum atomic E-state index is 16.1. The molecule has 0 bridgehead atoms. The Morgan fingerprint density at radius 2 is 1.75 bits per heavy atom. The number of ketones is 1. The highest BCUT2D eigenvalue weighted by Gasteiger charge is 2.61. The van der Waals surface area contributed by atoms with Crippen LogP contribution < -0.4 is 10.1 Å². The van der Waals surface area contributed by atoms with Crippen LogP contribution in [0.25, 0.3) is 0 Å². The van der Waals surface area contributed by atoms with Gasteiger partial charge in [-0.15, -0.1) is 0 Å². The lowest BCUT2D eigenvalue weighted by molar-refractivity contribution is -0.120. The number of sulfone groups is 1. The van der Waals surface area contributed by atoms with E-state index in [0.717, 1.165) is 6.07 Å². The molecule has 3 aromatic carbocycles. The molecule has 55 heavy (non-hydrogen) atoms. The van der Waals surface area contributed by atoms with Crippen molar-refractivity contribution < 1.29 is 45.8 Å². The molecule has 0 radical (unpaired) electrons. The molecule has 0 aliphatic carbocycles. The van der Waals surface area contributed by atoms with E-state index in [1.165, 1.54) is 67.5 Å². The number of hydrogen-bond acceptors (Lipinski definition) is 10. The second kappa shape index (κ2) is 16.4. The van der Waals surface area contributed by atoms with Crippen molar-refractivity contribution in [3.63, 3.8) is 0 Å². The predicted molar refractivity (Wildman–Crippen MR) is 201 cm³/mol. The van der Waals surface area contributed by atoms with E-state index >= 15 is 8.78 Å². The number of nitrogens with one attached hydrogen (secondary N) is 1. The lowest BCUT2D eigenvalue weighted by Gasteiger charge is -2.37. The van der Waals surface area contributed by atoms with Crippen LogP contribution in [0.5, 0.6) is 5.75 Å². The molecule has 2 aliphatic rings. The highest BCUT2D eigenvalue weighted by atomic mass is 35.5. The Morgan fingerprint density at radius 3 is 2.36 bits per heavy atom. The van der Waals surface area contributed by atoms with Crippen molar-refractivity contribution in [1.29, 1.82) is 5.26 Å². The largest absolute Gasteiger partial charge is 0.496 e. The third kappa shape index (κ3) is 9.07. The van der Waals surface area contributed by atoms with Crippen LogP contribution in [0.15, 0.2) is 54.6 Å². The molecule has 16 heteroatoms. The van der Waals surface area contributed by atoms with E-state index in [2.05, 4.69) is 11.4 Å². The number of esters is 1. The van der Waals surface area contributed by atoms with Gasteiger partial charge in [0.05, 0.1) is 41.3 Å². The van der Waals surface area contributed by atoms with Crippen molar-refractivity contribution >= 4 is 50.9 Å². The summed E-state index contributed by atoms with van der Waals surface area (Å²) in [5.41, 5.74) is -1.99. The normalized spacial score (nSPS) is 22.7. The first-order chi connectivity index (χ1) is 25.8. The molecule has 0 saturated carbocycles. The summed E-state index contributed by atoms with van der Waals surface area (Å²) in [5, 5.41) is 14.3. The van der Waals surface area contributed by atoms with Gasteiger partial charge >= 0.3 is 12.1 Å². The number of nitriles is 1. The SMILES string of the molecule is COc1cc(C(=O)OC(C)OC(=O)N2CCS(=O)(=O)CC2)ccc1CC(=O)[C@@H]1N[C@@H](CC(C)(C)C)[C@](C#N)(c2ccc(Cl)cc2F)[C@H]1c1cccc(Cl)c1F. The van der Waals surface area contributed by atoms with Crippen LogP contribution in [-0.2, 0) is 35.9 Å². The third-order valence-corrected chi connectivity index (χ3v) is 12.0. The number of nitrogens with zero attached hydrogens (tertiary/aromatic N) is 2. The summed E-state index contributed by atoms with van der Waals surface area (Å²) in [4.78, 5) is 41.3. The highest BCUT2D eigenvalue weighted by molar-refractivity contribution is 7.91. The topological polar surface area (TPSA) is 152 Å². The first-order valence-corrected chi connectivity index (χ1v) is 20.0. The molecule has 2 fully saturated rings. The van der Waals surface area contributed by atoms with Gasteiger partial charge in [-0.2, -0.15) is 5.26 Å². The fourth-order valence-electron chi connectivity index (χ4n) is 7.28. The van der Waals surface area contributed by atoms with Gasteiger partial charge in [0.2, 0.25) is 6.29 Å². The minimum atomic E-state index is -3.23. The Labute approximate surface area is 328 Å². The Balaban J connectivity index is 1.44. The standard InChI is InChI=1S/C39H41Cl2F2N3O8S/c1-22(54-37(49)46-13-15-55(50,51)16-14-46)53-36(48)24-10-9-23(31(18-24)52-5)17-30(47)35-33(26-7-6-8-28(41)34(26)43)39(21-44,32(45-35)20-38(2,3)4)27-12-11-25(40)19-29(27)42/h6-12,18-19,22,32-33,35,45H,13-17,20H2,1-5H3/t22?,32-,33-,35-,39-/m0/s1. The zero-order valence-electron chi connectivity index (χ0n) is 30.8. The van der Waals surface area contributed by atoms with Crippen molar-refractivity contribution in [3.05, 3.63) is 98.5 Å². The van der Waals surface area contributed by atoms with Crippen LogP contribution in [0.3, 0.4) is 0 Å². The van der Waals surface area contributed by atoms with Gasteiger partial charge in [0.25, 0.3) is 0 Å². The van der Waals surface area contributed by atoms with E-state index in [-0.39, 0.29) is 63.5 Å². The average molecular weight is 821 g/mol. The third-order valence-electron chi connectivity index (χ3n) is 9.83. The van der Waals surface area contributed by atoms with E-state index in [1.54, 1.807) is 0 Å². The Kier molecular flexibility index (Phi) is 12.5. The van der Waals surface area contributed by atoms with Crippen molar-refractivity contribution in [1.82, 2.24) is 10.2 Å². The minimum Gasteiger partial charge on any atom is -0.496 e. The van der Waals surface area contributed by atoms with Crippen LogP contribution >= 0.6 is 23.2 Å². The van der Waals surface area contributed by atoms with Gasteiger partial charge in [-0.1, -0.05) is 68.2 Å². The van der Waals surface area contributed by atoms with Crippen molar-refractivity contribution in [2.24, 2.45) is 5.41 Å². The van der Waals surface area contributed by atoms with Gasteiger partial charge in [-0.3, -0.25) is 4.79 Å². The average Bonchev–Trinajstić information content (AvgIpc) is 3.42. The van der Waals surface area contributed by atoms with E-state index < -0.39 is 74.4 Å². The van der Waals surface area contributed by atoms with Crippen LogP contribution in [0.2, 0.25) is 10.0 Å². The number of Topliss-reactive ketones (excluding diaryl/α,β-unsaturated/α-hetero) is 1. The Bertz CT molecular complexity index is 2130. The molecule has 1 N–H and O–H groups in total. The summed E-state index contributed by atoms with van der Waals surface area (Å²) in [5.74, 6) is -4.50. The number of carbonyl (C=O) groups excluding carboxylic acids is 3. The smallest absolute Gasteiger partial charge is 0.412 e. The fraction of sp³-hybridized carbons (Fsp3) is 0.436. The van der Waals surface area contributed by atoms with E-state index in [9.17, 15) is 28.1 Å². The zero-order valence-corrected chi connectivity index (χ0v) is 33.2. The van der Waals surface area contributed by atoms with Gasteiger partial charge in [0, 0.05) is 54.5 Å². The summed E-state index contributed by atoms with van der Waals surface area (Å²) >= 11 is 12.4. The van der Waals surface area contributed by atoms with Gasteiger partial charge in [-0.25, -0.2) is 26.8 Å². The summed E-state index contributed by atoms with van der Waals surface area (Å²) in [7, 11) is -1.89. The molecule has 2 aliphatic heterocycles. The molecule has 11 nitrogen and oxygen atoms in total. The fourth-order valence-corrected chi connectivity index (χ4v) is 8.82. The predicted octanol–water partition coefficient (Wildman–Crippen LogP) is 6.78. The molecule has 294 valence electrons. The van der Waals surface area contributed by atoms with Crippen LogP contribution in [0.1, 0.15) is 67.1 Å². The molecule has 5 atom stereocenters. The number of methoxy groups -OCH3 is 1. The quantitative estimate of drug-likeness (QED) is 0.171. The molecule has 5 rings (SSSR count). The number of rotatable bonds is 10.